The third-order valence-electron chi connectivity index (χ3n) is 4.38. The maximum atomic E-state index is 12.3. The van der Waals surface area contributed by atoms with Crippen LogP contribution in [0.25, 0.3) is 22.3 Å². The molecule has 0 radical (unpaired) electrons. The molecule has 136 valence electrons. The molecule has 2 aromatic heterocycles. The first-order chi connectivity index (χ1) is 13.1. The Hall–Kier alpha value is -3.68. The van der Waals surface area contributed by atoms with Gasteiger partial charge >= 0.3 is 0 Å². The van der Waals surface area contributed by atoms with Gasteiger partial charge in [0.05, 0.1) is 12.1 Å². The summed E-state index contributed by atoms with van der Waals surface area (Å²) in [5.74, 6) is 0.551. The van der Waals surface area contributed by atoms with Gasteiger partial charge in [0.25, 0.3) is 5.91 Å². The average molecular weight is 362 g/mol. The van der Waals surface area contributed by atoms with Gasteiger partial charge in [-0.1, -0.05) is 35.9 Å². The van der Waals surface area contributed by atoms with E-state index in [-0.39, 0.29) is 0 Å². The van der Waals surface area contributed by atoms with Crippen molar-refractivity contribution in [3.05, 3.63) is 59.8 Å². The van der Waals surface area contributed by atoms with Crippen LogP contribution < -0.4 is 10.5 Å². The zero-order valence-corrected chi connectivity index (χ0v) is 14.7. The highest BCUT2D eigenvalue weighted by molar-refractivity contribution is 6.08. The Kier molecular flexibility index (Phi) is 4.29. The van der Waals surface area contributed by atoms with Crippen molar-refractivity contribution in [2.75, 3.05) is 6.61 Å². The number of tetrazole rings is 1. The first kappa shape index (κ1) is 16.8. The third-order valence-corrected chi connectivity index (χ3v) is 4.38. The summed E-state index contributed by atoms with van der Waals surface area (Å²) in [6.07, 6.45) is 0. The maximum absolute atomic E-state index is 12.3. The van der Waals surface area contributed by atoms with Crippen molar-refractivity contribution in [1.82, 2.24) is 25.2 Å². The molecule has 2 aromatic carbocycles. The van der Waals surface area contributed by atoms with Crippen molar-refractivity contribution in [2.24, 2.45) is 5.73 Å². The lowest BCUT2D eigenvalue weighted by Gasteiger charge is -2.11. The van der Waals surface area contributed by atoms with Crippen molar-refractivity contribution in [2.45, 2.75) is 13.5 Å². The number of hydrogen-bond acceptors (Lipinski definition) is 5. The highest BCUT2D eigenvalue weighted by Crippen LogP contribution is 2.32. The minimum absolute atomic E-state index is 0.332. The van der Waals surface area contributed by atoms with Crippen molar-refractivity contribution >= 4 is 16.8 Å². The van der Waals surface area contributed by atoms with Gasteiger partial charge in [0.1, 0.15) is 18.1 Å². The van der Waals surface area contributed by atoms with Gasteiger partial charge in [-0.2, -0.15) is 5.21 Å². The second-order valence-electron chi connectivity index (χ2n) is 6.15. The number of aryl methyl sites for hydroxylation is 1. The van der Waals surface area contributed by atoms with E-state index < -0.39 is 5.91 Å². The number of fused-ring (bicyclic) bond motifs is 1. The molecule has 4 aromatic rings. The fourth-order valence-electron chi connectivity index (χ4n) is 3.18. The largest absolute Gasteiger partial charge is 0.492 e. The van der Waals surface area contributed by atoms with E-state index in [0.717, 1.165) is 16.7 Å². The number of H-pyrrole nitrogens is 1. The Morgan fingerprint density at radius 1 is 1.19 bits per heavy atom. The van der Waals surface area contributed by atoms with Gasteiger partial charge in [-0.25, -0.2) is 0 Å². The summed E-state index contributed by atoms with van der Waals surface area (Å²) >= 11 is 0. The first-order valence-corrected chi connectivity index (χ1v) is 8.49. The lowest BCUT2D eigenvalue weighted by atomic mass is 10.1. The van der Waals surface area contributed by atoms with Gasteiger partial charge in [-0.05, 0) is 30.3 Å². The van der Waals surface area contributed by atoms with Crippen LogP contribution in [0.15, 0.2) is 48.5 Å². The average Bonchev–Trinajstić information content (AvgIpc) is 3.29. The number of hydrogen-bond donors (Lipinski definition) is 2. The molecule has 0 aliphatic heterocycles. The Labute approximate surface area is 154 Å². The first-order valence-electron chi connectivity index (χ1n) is 8.49. The van der Waals surface area contributed by atoms with E-state index in [2.05, 4.69) is 20.6 Å². The Balaban J connectivity index is 1.72. The van der Waals surface area contributed by atoms with E-state index >= 15 is 0 Å². The fraction of sp³-hybridized carbons (Fsp3) is 0.158. The SMILES string of the molecule is Cc1ccc(OCCn2c(C(N)=O)c(-c3nn[nH]n3)c3ccccc32)cc1. The lowest BCUT2D eigenvalue weighted by Crippen LogP contribution is -2.20. The quantitative estimate of drug-likeness (QED) is 0.547. The van der Waals surface area contributed by atoms with E-state index in [1.165, 1.54) is 5.56 Å². The summed E-state index contributed by atoms with van der Waals surface area (Å²) in [6.45, 7) is 2.85. The minimum Gasteiger partial charge on any atom is -0.492 e. The van der Waals surface area contributed by atoms with Crippen molar-refractivity contribution in [3.63, 3.8) is 0 Å². The number of benzene rings is 2. The van der Waals surface area contributed by atoms with E-state index in [9.17, 15) is 4.79 Å². The molecule has 0 fully saturated rings. The number of carbonyl (C=O) groups is 1. The van der Waals surface area contributed by atoms with Gasteiger partial charge in [-0.3, -0.25) is 4.79 Å². The summed E-state index contributed by atoms with van der Waals surface area (Å²) in [7, 11) is 0. The molecule has 0 saturated heterocycles. The molecule has 0 aliphatic rings. The number of aromatic nitrogens is 5. The van der Waals surface area contributed by atoms with E-state index in [1.807, 2.05) is 60.0 Å². The Bertz CT molecular complexity index is 1080. The molecule has 1 amide bonds. The van der Waals surface area contributed by atoms with Crippen molar-refractivity contribution < 1.29 is 9.53 Å². The highest BCUT2D eigenvalue weighted by atomic mass is 16.5. The predicted molar refractivity (Wildman–Crippen MR) is 100 cm³/mol. The number of primary amides is 1. The Morgan fingerprint density at radius 3 is 2.67 bits per heavy atom. The minimum atomic E-state index is -0.554. The molecule has 4 rings (SSSR count). The number of para-hydroxylation sites is 1. The van der Waals surface area contributed by atoms with Gasteiger partial charge in [-0.15, -0.1) is 10.2 Å². The summed E-state index contributed by atoms with van der Waals surface area (Å²) in [6, 6.07) is 15.5. The van der Waals surface area contributed by atoms with Crippen molar-refractivity contribution in [3.8, 4) is 17.1 Å². The number of rotatable bonds is 6. The molecule has 0 atom stereocenters. The van der Waals surface area contributed by atoms with Crippen LogP contribution in [0.2, 0.25) is 0 Å². The van der Waals surface area contributed by atoms with Crippen molar-refractivity contribution in [1.29, 1.82) is 0 Å². The van der Waals surface area contributed by atoms with E-state index in [0.29, 0.717) is 30.2 Å². The topological polar surface area (TPSA) is 112 Å². The molecular formula is C19H18N6O2. The van der Waals surface area contributed by atoms with Crippen LogP contribution in [0.1, 0.15) is 16.1 Å². The molecule has 0 spiro atoms. The summed E-state index contributed by atoms with van der Waals surface area (Å²) in [5.41, 5.74) is 8.63. The van der Waals surface area contributed by atoms with Crippen LogP contribution in [0.5, 0.6) is 5.75 Å². The fourth-order valence-corrected chi connectivity index (χ4v) is 3.18. The Morgan fingerprint density at radius 2 is 1.96 bits per heavy atom. The van der Waals surface area contributed by atoms with Crippen LogP contribution in [-0.4, -0.2) is 37.7 Å². The van der Waals surface area contributed by atoms with Gasteiger partial charge < -0.3 is 15.0 Å². The van der Waals surface area contributed by atoms with Crippen LogP contribution in [0.3, 0.4) is 0 Å². The molecule has 0 unspecified atom stereocenters. The van der Waals surface area contributed by atoms with Crippen LogP contribution in [0, 0.1) is 6.92 Å². The number of nitrogens with zero attached hydrogens (tertiary/aromatic N) is 4. The maximum Gasteiger partial charge on any atom is 0.266 e. The predicted octanol–water partition coefficient (Wildman–Crippen LogP) is 2.31. The summed E-state index contributed by atoms with van der Waals surface area (Å²) in [4.78, 5) is 12.3. The number of nitrogens with one attached hydrogen (secondary N) is 1. The molecule has 27 heavy (non-hydrogen) atoms. The van der Waals surface area contributed by atoms with Crippen LogP contribution >= 0.6 is 0 Å². The summed E-state index contributed by atoms with van der Waals surface area (Å²) < 4.78 is 7.67. The highest BCUT2D eigenvalue weighted by Gasteiger charge is 2.24. The third kappa shape index (κ3) is 3.12. The zero-order valence-electron chi connectivity index (χ0n) is 14.7. The van der Waals surface area contributed by atoms with Gasteiger partial charge in [0.15, 0.2) is 0 Å². The molecule has 8 heteroatoms. The molecular weight excluding hydrogens is 344 g/mol. The van der Waals surface area contributed by atoms with Crippen LogP contribution in [0.4, 0.5) is 0 Å². The molecule has 8 nitrogen and oxygen atoms in total. The molecule has 0 bridgehead atoms. The molecule has 2 heterocycles. The summed E-state index contributed by atoms with van der Waals surface area (Å²) in [5, 5.41) is 14.9. The van der Waals surface area contributed by atoms with Gasteiger partial charge in [0, 0.05) is 10.9 Å². The molecule has 0 aliphatic carbocycles. The van der Waals surface area contributed by atoms with Crippen LogP contribution in [-0.2, 0) is 6.54 Å². The zero-order chi connectivity index (χ0) is 18.8. The second kappa shape index (κ2) is 6.91. The normalized spacial score (nSPS) is 11.0. The second-order valence-corrected chi connectivity index (χ2v) is 6.15. The number of ether oxygens (including phenoxy) is 1. The standard InChI is InChI=1S/C19H18N6O2/c1-12-6-8-13(9-7-12)27-11-10-25-15-5-3-2-4-14(15)16(17(25)18(20)26)19-21-23-24-22-19/h2-9H,10-11H2,1H3,(H2,20,26)(H,21,22,23,24). The van der Waals surface area contributed by atoms with E-state index in [4.69, 9.17) is 10.5 Å². The monoisotopic (exact) mass is 362 g/mol. The molecule has 3 N–H and O–H groups in total. The number of aromatic amines is 1. The van der Waals surface area contributed by atoms with Gasteiger partial charge in [0.2, 0.25) is 5.82 Å². The number of nitrogens with two attached hydrogens (primary N) is 1. The lowest BCUT2D eigenvalue weighted by molar-refractivity contribution is 0.0991. The molecule has 0 saturated carbocycles. The smallest absolute Gasteiger partial charge is 0.266 e. The number of carbonyl (C=O) groups excluding carboxylic acids is 1. The number of amides is 1. The van der Waals surface area contributed by atoms with E-state index in [1.54, 1.807) is 0 Å².